The predicted octanol–water partition coefficient (Wildman–Crippen LogP) is 4.16. The maximum absolute atomic E-state index is 13.0. The van der Waals surface area contributed by atoms with E-state index in [4.69, 9.17) is 9.47 Å². The van der Waals surface area contributed by atoms with Crippen molar-refractivity contribution in [2.24, 2.45) is 0 Å². The van der Waals surface area contributed by atoms with E-state index in [2.05, 4.69) is 15.5 Å². The van der Waals surface area contributed by atoms with Gasteiger partial charge < -0.3 is 20.1 Å². The maximum Gasteiger partial charge on any atom is 0.255 e. The Morgan fingerprint density at radius 2 is 1.77 bits per heavy atom. The summed E-state index contributed by atoms with van der Waals surface area (Å²) in [6.07, 6.45) is 1.23. The largest absolute Gasteiger partial charge is 0.380 e. The maximum atomic E-state index is 13.0. The van der Waals surface area contributed by atoms with Crippen LogP contribution in [0.4, 0.5) is 11.4 Å². The van der Waals surface area contributed by atoms with E-state index in [1.165, 1.54) is 0 Å². The average molecular weight is 472 g/mol. The van der Waals surface area contributed by atoms with Gasteiger partial charge in [0.15, 0.2) is 0 Å². The Balaban J connectivity index is 1.26. The lowest BCUT2D eigenvalue weighted by Crippen LogP contribution is -2.41. The van der Waals surface area contributed by atoms with Gasteiger partial charge in [-0.3, -0.25) is 14.5 Å². The normalized spacial score (nSPS) is 19.0. The molecule has 5 rings (SSSR count). The number of hydrogen-bond acceptors (Lipinski definition) is 5. The highest BCUT2D eigenvalue weighted by Crippen LogP contribution is 2.28. The van der Waals surface area contributed by atoms with Gasteiger partial charge in [-0.1, -0.05) is 48.5 Å². The summed E-state index contributed by atoms with van der Waals surface area (Å²) in [7, 11) is 1.60. The van der Waals surface area contributed by atoms with Crippen molar-refractivity contribution < 1.29 is 19.1 Å². The van der Waals surface area contributed by atoms with Gasteiger partial charge in [-0.05, 0) is 41.8 Å². The average Bonchev–Trinajstić information content (AvgIpc) is 3.49. The van der Waals surface area contributed by atoms with Gasteiger partial charge in [0.05, 0.1) is 25.9 Å². The molecule has 2 aliphatic rings. The van der Waals surface area contributed by atoms with Crippen LogP contribution >= 0.6 is 0 Å². The number of anilines is 2. The van der Waals surface area contributed by atoms with Crippen LogP contribution in [-0.2, 0) is 20.9 Å². The topological polar surface area (TPSA) is 79.9 Å². The summed E-state index contributed by atoms with van der Waals surface area (Å²) < 4.78 is 10.9. The second kappa shape index (κ2) is 10.4. The summed E-state index contributed by atoms with van der Waals surface area (Å²) in [6.45, 7) is 2.12. The van der Waals surface area contributed by atoms with Gasteiger partial charge >= 0.3 is 0 Å². The Morgan fingerprint density at radius 1 is 1.00 bits per heavy atom. The van der Waals surface area contributed by atoms with E-state index in [1.54, 1.807) is 19.2 Å². The van der Waals surface area contributed by atoms with Crippen LogP contribution in [0.25, 0.3) is 11.1 Å². The molecule has 0 aromatic heterocycles. The van der Waals surface area contributed by atoms with Crippen molar-refractivity contribution in [3.63, 3.8) is 0 Å². The molecule has 2 heterocycles. The number of rotatable bonds is 8. The molecule has 180 valence electrons. The molecule has 2 aliphatic heterocycles. The summed E-state index contributed by atoms with van der Waals surface area (Å²) in [5.74, 6) is -0.352. The fraction of sp³-hybridized carbons (Fsp3) is 0.286. The van der Waals surface area contributed by atoms with Crippen LogP contribution in [0.3, 0.4) is 0 Å². The molecule has 0 radical (unpaired) electrons. The van der Waals surface area contributed by atoms with Crippen molar-refractivity contribution in [2.75, 3.05) is 37.4 Å². The molecule has 2 atom stereocenters. The Hall–Kier alpha value is -3.52. The third-order valence-corrected chi connectivity index (χ3v) is 6.56. The molecule has 0 saturated carbocycles. The predicted molar refractivity (Wildman–Crippen MR) is 135 cm³/mol. The third-order valence-electron chi connectivity index (χ3n) is 6.56. The molecule has 3 aromatic carbocycles. The van der Waals surface area contributed by atoms with Crippen molar-refractivity contribution in [3.8, 4) is 11.1 Å². The van der Waals surface area contributed by atoms with Gasteiger partial charge in [0.1, 0.15) is 0 Å². The standard InChI is InChI=1S/C28H29N3O4/c1-34-17-22-8-7-21(13-26(22)30-27(32)16-31-15-25-14-24(31)18-35-25)28(33)29-23-11-9-20(10-12-23)19-5-3-2-4-6-19/h2-13,24-25H,14-18H2,1H3,(H,29,33)(H,30,32)/t24-,25-/m0/s1. The fourth-order valence-corrected chi connectivity index (χ4v) is 4.74. The number of benzene rings is 3. The molecule has 2 bridgehead atoms. The van der Waals surface area contributed by atoms with Crippen molar-refractivity contribution in [1.82, 2.24) is 4.90 Å². The minimum Gasteiger partial charge on any atom is -0.380 e. The van der Waals surface area contributed by atoms with E-state index in [1.807, 2.05) is 60.7 Å². The van der Waals surface area contributed by atoms with E-state index in [0.717, 1.165) is 29.7 Å². The Bertz CT molecular complexity index is 1200. The highest BCUT2D eigenvalue weighted by Gasteiger charge is 2.39. The highest BCUT2D eigenvalue weighted by atomic mass is 16.5. The van der Waals surface area contributed by atoms with Crippen LogP contribution in [-0.4, -0.2) is 55.7 Å². The second-order valence-corrected chi connectivity index (χ2v) is 9.02. The zero-order valence-corrected chi connectivity index (χ0v) is 19.7. The summed E-state index contributed by atoms with van der Waals surface area (Å²) in [5.41, 5.74) is 4.76. The molecule has 7 heteroatoms. The molecule has 2 fully saturated rings. The quantitative estimate of drug-likeness (QED) is 0.516. The number of nitrogens with one attached hydrogen (secondary N) is 2. The molecule has 3 aromatic rings. The first-order valence-corrected chi connectivity index (χ1v) is 11.8. The number of methoxy groups -OCH3 is 1. The van der Waals surface area contributed by atoms with E-state index in [0.29, 0.717) is 42.7 Å². The number of nitrogens with zero attached hydrogens (tertiary/aromatic N) is 1. The van der Waals surface area contributed by atoms with Gasteiger partial charge in [-0.15, -0.1) is 0 Å². The fourth-order valence-electron chi connectivity index (χ4n) is 4.74. The first-order chi connectivity index (χ1) is 17.1. The summed E-state index contributed by atoms with van der Waals surface area (Å²) in [5, 5.41) is 5.93. The number of fused-ring (bicyclic) bond motifs is 2. The zero-order chi connectivity index (χ0) is 24.2. The highest BCUT2D eigenvalue weighted by molar-refractivity contribution is 6.05. The molecule has 0 spiro atoms. The second-order valence-electron chi connectivity index (χ2n) is 9.02. The van der Waals surface area contributed by atoms with Crippen molar-refractivity contribution in [2.45, 2.75) is 25.2 Å². The zero-order valence-electron chi connectivity index (χ0n) is 19.7. The van der Waals surface area contributed by atoms with E-state index < -0.39 is 0 Å². The molecular weight excluding hydrogens is 442 g/mol. The molecule has 2 N–H and O–H groups in total. The van der Waals surface area contributed by atoms with Crippen molar-refractivity contribution in [3.05, 3.63) is 83.9 Å². The number of morpholine rings is 1. The molecular formula is C28H29N3O4. The van der Waals surface area contributed by atoms with Crippen LogP contribution in [0, 0.1) is 0 Å². The monoisotopic (exact) mass is 471 g/mol. The van der Waals surface area contributed by atoms with Gasteiger partial charge in [-0.2, -0.15) is 0 Å². The number of amides is 2. The molecule has 0 aliphatic carbocycles. The molecule has 2 amide bonds. The van der Waals surface area contributed by atoms with Crippen LogP contribution in [0.15, 0.2) is 72.8 Å². The van der Waals surface area contributed by atoms with Gasteiger partial charge in [0.25, 0.3) is 5.91 Å². The lowest BCUT2D eigenvalue weighted by molar-refractivity contribution is -0.118. The van der Waals surface area contributed by atoms with Gasteiger partial charge in [-0.25, -0.2) is 0 Å². The first kappa shape index (κ1) is 23.2. The SMILES string of the molecule is COCc1ccc(C(=O)Nc2ccc(-c3ccccc3)cc2)cc1NC(=O)CN1C[C@@H]2C[C@H]1CO2. The van der Waals surface area contributed by atoms with Crippen LogP contribution < -0.4 is 10.6 Å². The third kappa shape index (κ3) is 5.43. The summed E-state index contributed by atoms with van der Waals surface area (Å²) in [4.78, 5) is 27.9. The minimum absolute atomic E-state index is 0.107. The van der Waals surface area contributed by atoms with Crippen LogP contribution in [0.1, 0.15) is 22.3 Å². The Labute approximate surface area is 205 Å². The molecule has 0 unspecified atom stereocenters. The molecule has 2 saturated heterocycles. The van der Waals surface area contributed by atoms with Gasteiger partial charge in [0, 0.05) is 42.2 Å². The molecule has 7 nitrogen and oxygen atoms in total. The van der Waals surface area contributed by atoms with E-state index >= 15 is 0 Å². The minimum atomic E-state index is -0.245. The number of likely N-dealkylation sites (tertiary alicyclic amines) is 1. The van der Waals surface area contributed by atoms with E-state index in [-0.39, 0.29) is 17.9 Å². The summed E-state index contributed by atoms with van der Waals surface area (Å²) >= 11 is 0. The number of carbonyl (C=O) groups excluding carboxylic acids is 2. The van der Waals surface area contributed by atoms with E-state index in [9.17, 15) is 9.59 Å². The molecule has 35 heavy (non-hydrogen) atoms. The van der Waals surface area contributed by atoms with Gasteiger partial charge in [0.2, 0.25) is 5.91 Å². The Morgan fingerprint density at radius 3 is 2.46 bits per heavy atom. The smallest absolute Gasteiger partial charge is 0.255 e. The first-order valence-electron chi connectivity index (χ1n) is 11.8. The number of ether oxygens (including phenoxy) is 2. The van der Waals surface area contributed by atoms with Crippen LogP contribution in [0.2, 0.25) is 0 Å². The van der Waals surface area contributed by atoms with Crippen LogP contribution in [0.5, 0.6) is 0 Å². The van der Waals surface area contributed by atoms with Crippen molar-refractivity contribution in [1.29, 1.82) is 0 Å². The number of hydrogen-bond donors (Lipinski definition) is 2. The summed E-state index contributed by atoms with van der Waals surface area (Å²) in [6, 6.07) is 23.4. The van der Waals surface area contributed by atoms with Crippen molar-refractivity contribution >= 4 is 23.2 Å². The number of carbonyl (C=O) groups is 2. The Kier molecular flexibility index (Phi) is 6.90. The lowest BCUT2D eigenvalue weighted by Gasteiger charge is -2.26. The lowest BCUT2D eigenvalue weighted by atomic mass is 10.1.